The van der Waals surface area contributed by atoms with Gasteiger partial charge in [0.25, 0.3) is 0 Å². The van der Waals surface area contributed by atoms with Gasteiger partial charge < -0.3 is 10.4 Å². The summed E-state index contributed by atoms with van der Waals surface area (Å²) in [6, 6.07) is 10.6. The van der Waals surface area contributed by atoms with Crippen LogP contribution in [0.5, 0.6) is 0 Å². The standard InChI is InChI=1S/C20H25N5O/c1-15-12-19-20(21-8-11-25(19)23-15)22-13-16-4-2-3-5-17(16)14-24-9-6-18(26)7-10-24/h2-5,8,11-12,18,26H,6-7,9-10,13-14H2,1H3,(H,21,22). The summed E-state index contributed by atoms with van der Waals surface area (Å²) in [5.41, 5.74) is 4.58. The first-order valence-electron chi connectivity index (χ1n) is 9.21. The van der Waals surface area contributed by atoms with E-state index in [0.717, 1.165) is 56.0 Å². The van der Waals surface area contributed by atoms with E-state index in [4.69, 9.17) is 0 Å². The van der Waals surface area contributed by atoms with Crippen LogP contribution in [0.1, 0.15) is 29.7 Å². The summed E-state index contributed by atoms with van der Waals surface area (Å²) in [6.07, 6.45) is 5.24. The first-order valence-corrected chi connectivity index (χ1v) is 9.21. The largest absolute Gasteiger partial charge is 0.393 e. The fourth-order valence-electron chi connectivity index (χ4n) is 3.56. The third-order valence-corrected chi connectivity index (χ3v) is 5.03. The molecule has 0 bridgehead atoms. The maximum atomic E-state index is 9.70. The molecule has 4 rings (SSSR count). The predicted octanol–water partition coefficient (Wildman–Crippen LogP) is 2.61. The summed E-state index contributed by atoms with van der Waals surface area (Å²) in [5, 5.41) is 17.6. The van der Waals surface area contributed by atoms with Crippen molar-refractivity contribution >= 4 is 11.3 Å². The van der Waals surface area contributed by atoms with Crippen LogP contribution in [0.4, 0.5) is 5.82 Å². The number of rotatable bonds is 5. The van der Waals surface area contributed by atoms with Crippen molar-refractivity contribution in [3.8, 4) is 0 Å². The van der Waals surface area contributed by atoms with Crippen molar-refractivity contribution in [1.29, 1.82) is 0 Å². The normalized spacial score (nSPS) is 16.2. The Hall–Kier alpha value is -2.44. The number of nitrogens with one attached hydrogen (secondary N) is 1. The third kappa shape index (κ3) is 3.71. The third-order valence-electron chi connectivity index (χ3n) is 5.03. The summed E-state index contributed by atoms with van der Waals surface area (Å²) >= 11 is 0. The van der Waals surface area contributed by atoms with Crippen molar-refractivity contribution in [3.05, 3.63) is 59.5 Å². The van der Waals surface area contributed by atoms with E-state index in [2.05, 4.69) is 44.6 Å². The Balaban J connectivity index is 1.48. The van der Waals surface area contributed by atoms with Gasteiger partial charge in [0, 0.05) is 38.6 Å². The van der Waals surface area contributed by atoms with E-state index in [1.807, 2.05) is 23.7 Å². The number of nitrogens with zero attached hydrogens (tertiary/aromatic N) is 4. The minimum Gasteiger partial charge on any atom is -0.393 e. The van der Waals surface area contributed by atoms with Gasteiger partial charge in [-0.05, 0) is 37.0 Å². The second-order valence-electron chi connectivity index (χ2n) is 7.02. The lowest BCUT2D eigenvalue weighted by Crippen LogP contribution is -2.35. The Morgan fingerprint density at radius 1 is 1.19 bits per heavy atom. The van der Waals surface area contributed by atoms with Crippen molar-refractivity contribution in [1.82, 2.24) is 19.5 Å². The average Bonchev–Trinajstić information content (AvgIpc) is 3.04. The number of hydrogen-bond acceptors (Lipinski definition) is 5. The Morgan fingerprint density at radius 3 is 2.77 bits per heavy atom. The van der Waals surface area contributed by atoms with Gasteiger partial charge in [0.05, 0.1) is 11.8 Å². The highest BCUT2D eigenvalue weighted by molar-refractivity contribution is 5.67. The zero-order valence-corrected chi connectivity index (χ0v) is 15.1. The van der Waals surface area contributed by atoms with Crippen molar-refractivity contribution in [2.24, 2.45) is 0 Å². The summed E-state index contributed by atoms with van der Waals surface area (Å²) in [6.45, 7) is 5.55. The fourth-order valence-corrected chi connectivity index (χ4v) is 3.56. The van der Waals surface area contributed by atoms with Gasteiger partial charge in [0.1, 0.15) is 5.52 Å². The van der Waals surface area contributed by atoms with Gasteiger partial charge in [0.15, 0.2) is 5.82 Å². The zero-order valence-electron chi connectivity index (χ0n) is 15.1. The van der Waals surface area contributed by atoms with Crippen LogP contribution in [-0.4, -0.2) is 43.8 Å². The minimum absolute atomic E-state index is 0.131. The monoisotopic (exact) mass is 351 g/mol. The first kappa shape index (κ1) is 17.0. The molecule has 0 atom stereocenters. The van der Waals surface area contributed by atoms with Gasteiger partial charge >= 0.3 is 0 Å². The molecule has 1 aromatic carbocycles. The van der Waals surface area contributed by atoms with Gasteiger partial charge in [-0.1, -0.05) is 24.3 Å². The molecule has 136 valence electrons. The molecule has 1 fully saturated rings. The molecule has 1 aliphatic heterocycles. The highest BCUT2D eigenvalue weighted by Crippen LogP contribution is 2.19. The number of anilines is 1. The Morgan fingerprint density at radius 2 is 1.96 bits per heavy atom. The molecule has 3 heterocycles. The van der Waals surface area contributed by atoms with Gasteiger partial charge in [-0.15, -0.1) is 0 Å². The number of aromatic nitrogens is 3. The Labute approximate surface area is 153 Å². The smallest absolute Gasteiger partial charge is 0.152 e. The van der Waals surface area contributed by atoms with Gasteiger partial charge in [-0.25, -0.2) is 9.50 Å². The number of benzene rings is 1. The minimum atomic E-state index is -0.131. The fraction of sp³-hybridized carbons (Fsp3) is 0.400. The van der Waals surface area contributed by atoms with Crippen molar-refractivity contribution in [2.75, 3.05) is 18.4 Å². The van der Waals surface area contributed by atoms with E-state index >= 15 is 0 Å². The molecule has 0 amide bonds. The van der Waals surface area contributed by atoms with Crippen LogP contribution in [0, 0.1) is 6.92 Å². The molecule has 0 saturated carbocycles. The van der Waals surface area contributed by atoms with Gasteiger partial charge in [-0.3, -0.25) is 4.90 Å². The Bertz CT molecular complexity index is 883. The van der Waals surface area contributed by atoms with E-state index in [-0.39, 0.29) is 6.10 Å². The number of hydrogen-bond donors (Lipinski definition) is 2. The van der Waals surface area contributed by atoms with Gasteiger partial charge in [-0.2, -0.15) is 5.10 Å². The van der Waals surface area contributed by atoms with Crippen molar-refractivity contribution < 1.29 is 5.11 Å². The summed E-state index contributed by atoms with van der Waals surface area (Å²) in [7, 11) is 0. The molecule has 1 saturated heterocycles. The quantitative estimate of drug-likeness (QED) is 0.740. The maximum absolute atomic E-state index is 9.70. The van der Waals surface area contributed by atoms with E-state index in [9.17, 15) is 5.11 Å². The predicted molar refractivity (Wildman–Crippen MR) is 102 cm³/mol. The lowest BCUT2D eigenvalue weighted by Gasteiger charge is -2.30. The number of likely N-dealkylation sites (tertiary alicyclic amines) is 1. The molecule has 6 heteroatoms. The molecule has 6 nitrogen and oxygen atoms in total. The highest BCUT2D eigenvalue weighted by atomic mass is 16.3. The number of fused-ring (bicyclic) bond motifs is 1. The van der Waals surface area contributed by atoms with Crippen LogP contribution < -0.4 is 5.32 Å². The molecule has 26 heavy (non-hydrogen) atoms. The first-order chi connectivity index (χ1) is 12.7. The van der Waals surface area contributed by atoms with E-state index < -0.39 is 0 Å². The number of aryl methyl sites for hydroxylation is 1. The van der Waals surface area contributed by atoms with E-state index in [0.29, 0.717) is 0 Å². The number of aliphatic hydroxyl groups excluding tert-OH is 1. The van der Waals surface area contributed by atoms with Crippen molar-refractivity contribution in [2.45, 2.75) is 39.0 Å². The molecular formula is C20H25N5O. The van der Waals surface area contributed by atoms with Crippen LogP contribution >= 0.6 is 0 Å². The SMILES string of the molecule is Cc1cc2c(NCc3ccccc3CN3CCC(O)CC3)nccn2n1. The topological polar surface area (TPSA) is 65.7 Å². The molecule has 0 aliphatic carbocycles. The number of aliphatic hydroxyl groups is 1. The second kappa shape index (κ2) is 7.43. The molecule has 1 aliphatic rings. The molecule has 2 N–H and O–H groups in total. The summed E-state index contributed by atoms with van der Waals surface area (Å²) in [4.78, 5) is 6.90. The molecule has 2 aromatic heterocycles. The van der Waals surface area contributed by atoms with Gasteiger partial charge in [0.2, 0.25) is 0 Å². The lowest BCUT2D eigenvalue weighted by molar-refractivity contribution is 0.0791. The van der Waals surface area contributed by atoms with E-state index in [1.165, 1.54) is 11.1 Å². The van der Waals surface area contributed by atoms with Crippen LogP contribution in [0.25, 0.3) is 5.52 Å². The molecule has 0 spiro atoms. The molecule has 0 unspecified atom stereocenters. The zero-order chi connectivity index (χ0) is 17.9. The Kier molecular flexibility index (Phi) is 4.86. The highest BCUT2D eigenvalue weighted by Gasteiger charge is 2.17. The number of piperidine rings is 1. The van der Waals surface area contributed by atoms with Crippen LogP contribution in [-0.2, 0) is 13.1 Å². The van der Waals surface area contributed by atoms with Crippen LogP contribution in [0.2, 0.25) is 0 Å². The van der Waals surface area contributed by atoms with Crippen LogP contribution in [0.15, 0.2) is 42.7 Å². The average molecular weight is 351 g/mol. The summed E-state index contributed by atoms with van der Waals surface area (Å²) < 4.78 is 1.86. The lowest BCUT2D eigenvalue weighted by atomic mass is 10.0. The van der Waals surface area contributed by atoms with Crippen LogP contribution in [0.3, 0.4) is 0 Å². The molecular weight excluding hydrogens is 326 g/mol. The molecule has 0 radical (unpaired) electrons. The van der Waals surface area contributed by atoms with E-state index in [1.54, 1.807) is 6.20 Å². The second-order valence-corrected chi connectivity index (χ2v) is 7.02. The summed E-state index contributed by atoms with van der Waals surface area (Å²) in [5.74, 6) is 0.851. The van der Waals surface area contributed by atoms with Crippen molar-refractivity contribution in [3.63, 3.8) is 0 Å². The molecule has 3 aromatic rings. The maximum Gasteiger partial charge on any atom is 0.152 e.